The minimum absolute atomic E-state index is 0.904. The zero-order valence-electron chi connectivity index (χ0n) is 5.13. The Hall–Kier alpha value is -0.760. The second-order valence-corrected chi connectivity index (χ2v) is 2.70. The molecule has 0 saturated heterocycles. The van der Waals surface area contributed by atoms with Crippen LogP contribution in [0, 0.1) is 0 Å². The molecule has 0 aliphatic carbocycles. The van der Waals surface area contributed by atoms with Crippen LogP contribution in [0.25, 0.3) is 0 Å². The summed E-state index contributed by atoms with van der Waals surface area (Å²) in [5.41, 5.74) is 0. The van der Waals surface area contributed by atoms with E-state index in [2.05, 4.69) is 23.3 Å². The van der Waals surface area contributed by atoms with Crippen LogP contribution in [-0.2, 0) is 6.54 Å². The maximum atomic E-state index is 3.55. The number of rotatable bonds is 3. The normalized spacial score (nSPS) is 8.89. The van der Waals surface area contributed by atoms with Crippen LogP contribution in [-0.4, -0.2) is 0 Å². The fraction of sp³-hybridized carbons (Fsp3) is 0.143. The molecule has 1 nitrogen and oxygen atoms in total. The molecule has 0 radical (unpaired) electrons. The Morgan fingerprint density at radius 2 is 2.67 bits per heavy atom. The van der Waals surface area contributed by atoms with Crippen molar-refractivity contribution in [2.75, 3.05) is 0 Å². The van der Waals surface area contributed by atoms with Gasteiger partial charge in [0.2, 0.25) is 0 Å². The first kappa shape index (κ1) is 6.36. The average molecular weight is 139 g/mol. The largest absolute Gasteiger partial charge is 0.386 e. The SMILES string of the molecule is C=CNCc1cccs1. The van der Waals surface area contributed by atoms with Crippen LogP contribution in [0.15, 0.2) is 30.3 Å². The minimum atomic E-state index is 0.904. The number of thiophene rings is 1. The van der Waals surface area contributed by atoms with Gasteiger partial charge in [0.1, 0.15) is 0 Å². The second-order valence-electron chi connectivity index (χ2n) is 1.66. The topological polar surface area (TPSA) is 12.0 Å². The van der Waals surface area contributed by atoms with Gasteiger partial charge < -0.3 is 5.32 Å². The van der Waals surface area contributed by atoms with E-state index in [1.165, 1.54) is 4.88 Å². The molecule has 0 spiro atoms. The Bertz CT molecular complexity index is 167. The van der Waals surface area contributed by atoms with Gasteiger partial charge in [-0.15, -0.1) is 11.3 Å². The quantitative estimate of drug-likeness (QED) is 0.675. The van der Waals surface area contributed by atoms with Gasteiger partial charge in [-0.1, -0.05) is 12.6 Å². The minimum Gasteiger partial charge on any atom is -0.386 e. The van der Waals surface area contributed by atoms with E-state index < -0.39 is 0 Å². The van der Waals surface area contributed by atoms with Crippen molar-refractivity contribution >= 4 is 11.3 Å². The third-order valence-corrected chi connectivity index (χ3v) is 1.88. The highest BCUT2D eigenvalue weighted by atomic mass is 32.1. The van der Waals surface area contributed by atoms with E-state index in [-0.39, 0.29) is 0 Å². The Morgan fingerprint density at radius 3 is 3.22 bits per heavy atom. The lowest BCUT2D eigenvalue weighted by molar-refractivity contribution is 0.889. The molecule has 1 aromatic rings. The highest BCUT2D eigenvalue weighted by Gasteiger charge is 1.86. The van der Waals surface area contributed by atoms with Gasteiger partial charge in [0.25, 0.3) is 0 Å². The first-order valence-corrected chi connectivity index (χ1v) is 3.68. The molecule has 0 bridgehead atoms. The van der Waals surface area contributed by atoms with Crippen molar-refractivity contribution in [2.45, 2.75) is 6.54 Å². The van der Waals surface area contributed by atoms with E-state index in [1.807, 2.05) is 6.07 Å². The molecule has 0 aliphatic rings. The molecule has 48 valence electrons. The third-order valence-electron chi connectivity index (χ3n) is 1.00. The molecule has 9 heavy (non-hydrogen) atoms. The van der Waals surface area contributed by atoms with Gasteiger partial charge >= 0.3 is 0 Å². The highest BCUT2D eigenvalue weighted by Crippen LogP contribution is 2.06. The van der Waals surface area contributed by atoms with Gasteiger partial charge in [0.15, 0.2) is 0 Å². The standard InChI is InChI=1S/C7H9NS/c1-2-8-6-7-4-3-5-9-7/h2-5,8H,1,6H2. The van der Waals surface area contributed by atoms with E-state index in [4.69, 9.17) is 0 Å². The summed E-state index contributed by atoms with van der Waals surface area (Å²) < 4.78 is 0. The predicted octanol–water partition coefficient (Wildman–Crippen LogP) is 1.98. The summed E-state index contributed by atoms with van der Waals surface area (Å²) in [6, 6.07) is 4.14. The first-order chi connectivity index (χ1) is 4.43. The molecule has 0 atom stereocenters. The smallest absolute Gasteiger partial charge is 0.0488 e. The van der Waals surface area contributed by atoms with Gasteiger partial charge in [-0.25, -0.2) is 0 Å². The summed E-state index contributed by atoms with van der Waals surface area (Å²) in [5.74, 6) is 0. The Labute approximate surface area is 59.0 Å². The molecule has 1 rings (SSSR count). The molecular formula is C7H9NS. The molecule has 0 fully saturated rings. The van der Waals surface area contributed by atoms with Crippen LogP contribution >= 0.6 is 11.3 Å². The fourth-order valence-corrected chi connectivity index (χ4v) is 1.24. The maximum absolute atomic E-state index is 3.55. The summed E-state index contributed by atoms with van der Waals surface area (Å²) in [7, 11) is 0. The van der Waals surface area contributed by atoms with E-state index in [9.17, 15) is 0 Å². The van der Waals surface area contributed by atoms with Crippen molar-refractivity contribution in [3.05, 3.63) is 35.2 Å². The second kappa shape index (κ2) is 3.30. The average Bonchev–Trinajstić information content (AvgIpc) is 2.34. The van der Waals surface area contributed by atoms with Crippen LogP contribution in [0.3, 0.4) is 0 Å². The predicted molar refractivity (Wildman–Crippen MR) is 41.4 cm³/mol. The fourth-order valence-electron chi connectivity index (χ4n) is 0.586. The van der Waals surface area contributed by atoms with Crippen LogP contribution in [0.1, 0.15) is 4.88 Å². The molecule has 0 aliphatic heterocycles. The van der Waals surface area contributed by atoms with Gasteiger partial charge in [-0.3, -0.25) is 0 Å². The first-order valence-electron chi connectivity index (χ1n) is 2.80. The monoisotopic (exact) mass is 139 g/mol. The molecule has 1 heterocycles. The van der Waals surface area contributed by atoms with Crippen LogP contribution in [0.5, 0.6) is 0 Å². The molecule has 0 amide bonds. The van der Waals surface area contributed by atoms with Crippen LogP contribution < -0.4 is 5.32 Å². The van der Waals surface area contributed by atoms with Crippen LogP contribution in [0.2, 0.25) is 0 Å². The molecule has 2 heteroatoms. The zero-order valence-corrected chi connectivity index (χ0v) is 5.95. The van der Waals surface area contributed by atoms with Crippen molar-refractivity contribution in [1.29, 1.82) is 0 Å². The highest BCUT2D eigenvalue weighted by molar-refractivity contribution is 7.09. The summed E-state index contributed by atoms with van der Waals surface area (Å²) in [6.07, 6.45) is 1.71. The van der Waals surface area contributed by atoms with E-state index >= 15 is 0 Å². The molecule has 0 aromatic carbocycles. The summed E-state index contributed by atoms with van der Waals surface area (Å²) >= 11 is 1.75. The van der Waals surface area contributed by atoms with Crippen molar-refractivity contribution in [1.82, 2.24) is 5.32 Å². The lowest BCUT2D eigenvalue weighted by Gasteiger charge is -1.93. The summed E-state index contributed by atoms with van der Waals surface area (Å²) in [6.45, 7) is 4.46. The molecule has 0 saturated carbocycles. The van der Waals surface area contributed by atoms with Gasteiger partial charge in [-0.2, -0.15) is 0 Å². The third kappa shape index (κ3) is 1.90. The number of hydrogen-bond donors (Lipinski definition) is 1. The van der Waals surface area contributed by atoms with Gasteiger partial charge in [0, 0.05) is 11.4 Å². The van der Waals surface area contributed by atoms with Gasteiger partial charge in [-0.05, 0) is 17.6 Å². The maximum Gasteiger partial charge on any atom is 0.0488 e. The molecule has 0 unspecified atom stereocenters. The van der Waals surface area contributed by atoms with Crippen molar-refractivity contribution < 1.29 is 0 Å². The summed E-state index contributed by atoms with van der Waals surface area (Å²) in [5, 5.41) is 5.09. The van der Waals surface area contributed by atoms with Crippen molar-refractivity contribution in [2.24, 2.45) is 0 Å². The number of hydrogen-bond acceptors (Lipinski definition) is 2. The van der Waals surface area contributed by atoms with Gasteiger partial charge in [0.05, 0.1) is 0 Å². The zero-order chi connectivity index (χ0) is 6.53. The Kier molecular flexibility index (Phi) is 2.33. The Morgan fingerprint density at radius 1 is 1.78 bits per heavy atom. The summed E-state index contributed by atoms with van der Waals surface area (Å²) in [4.78, 5) is 1.34. The lowest BCUT2D eigenvalue weighted by Crippen LogP contribution is -2.00. The lowest BCUT2D eigenvalue weighted by atomic mass is 10.5. The Balaban J connectivity index is 2.38. The molecular weight excluding hydrogens is 130 g/mol. The molecule has 1 N–H and O–H groups in total. The van der Waals surface area contributed by atoms with Crippen molar-refractivity contribution in [3.63, 3.8) is 0 Å². The van der Waals surface area contributed by atoms with Crippen LogP contribution in [0.4, 0.5) is 0 Å². The molecule has 1 aromatic heterocycles. The number of nitrogens with one attached hydrogen (secondary N) is 1. The van der Waals surface area contributed by atoms with E-state index in [0.29, 0.717) is 0 Å². The van der Waals surface area contributed by atoms with E-state index in [1.54, 1.807) is 17.5 Å². The van der Waals surface area contributed by atoms with E-state index in [0.717, 1.165) is 6.54 Å². The van der Waals surface area contributed by atoms with Crippen molar-refractivity contribution in [3.8, 4) is 0 Å².